The Morgan fingerprint density at radius 1 is 0.463 bits per heavy atom. The molecular formula is C63H108BrO2V-. The minimum atomic E-state index is -0.738. The summed E-state index contributed by atoms with van der Waals surface area (Å²) in [6, 6.07) is 0. The van der Waals surface area contributed by atoms with Crippen LogP contribution >= 0.6 is 0 Å². The smallest absolute Gasteiger partial charge is 0.143 e. The van der Waals surface area contributed by atoms with E-state index in [-0.39, 0.29) is 50.4 Å². The van der Waals surface area contributed by atoms with Crippen molar-refractivity contribution >= 4 is 6.29 Å². The van der Waals surface area contributed by atoms with Gasteiger partial charge in [-0.05, 0) is 225 Å². The molecule has 4 heteroatoms. The number of aliphatic hydroxyl groups is 1. The van der Waals surface area contributed by atoms with Crippen molar-refractivity contribution < 1.29 is 45.4 Å². The van der Waals surface area contributed by atoms with E-state index in [1.165, 1.54) is 94.3 Å². The molecule has 0 aliphatic carbocycles. The van der Waals surface area contributed by atoms with Crippen molar-refractivity contribution in [2.75, 3.05) is 0 Å². The van der Waals surface area contributed by atoms with Gasteiger partial charge in [0.15, 0.2) is 0 Å². The van der Waals surface area contributed by atoms with Gasteiger partial charge in [0, 0.05) is 18.6 Å². The van der Waals surface area contributed by atoms with Crippen LogP contribution in [0.15, 0.2) is 153 Å². The molecule has 0 saturated heterocycles. The van der Waals surface area contributed by atoms with Gasteiger partial charge in [-0.15, -0.1) is 6.58 Å². The number of allylic oxidation sites excluding steroid dienone is 24. The molecule has 1 unspecified atom stereocenters. The third-order valence-electron chi connectivity index (χ3n) is 10.6. The molecule has 0 saturated carbocycles. The van der Waals surface area contributed by atoms with Gasteiger partial charge < -0.3 is 22.1 Å². The van der Waals surface area contributed by atoms with Crippen LogP contribution in [0.25, 0.3) is 0 Å². The Hall–Kier alpha value is -2.69. The Morgan fingerprint density at radius 2 is 0.746 bits per heavy atom. The van der Waals surface area contributed by atoms with Crippen molar-refractivity contribution in [3.05, 3.63) is 153 Å². The summed E-state index contributed by atoms with van der Waals surface area (Å²) in [4.78, 5) is 10.3. The van der Waals surface area contributed by atoms with E-state index < -0.39 is 5.60 Å². The van der Waals surface area contributed by atoms with E-state index in [0.717, 1.165) is 82.5 Å². The first-order chi connectivity index (χ1) is 29.7. The van der Waals surface area contributed by atoms with Gasteiger partial charge in [0.05, 0.1) is 5.60 Å². The molecule has 1 radical (unpaired) electrons. The van der Waals surface area contributed by atoms with Gasteiger partial charge >= 0.3 is 0 Å². The van der Waals surface area contributed by atoms with Crippen LogP contribution in [0.5, 0.6) is 0 Å². The van der Waals surface area contributed by atoms with Crippen LogP contribution < -0.4 is 17.0 Å². The Balaban J connectivity index is -0.000000157. The van der Waals surface area contributed by atoms with Crippen LogP contribution in [0.3, 0.4) is 0 Å². The van der Waals surface area contributed by atoms with Gasteiger partial charge in [-0.1, -0.05) is 156 Å². The average Bonchev–Trinajstić information content (AvgIpc) is 3.18. The summed E-state index contributed by atoms with van der Waals surface area (Å²) < 4.78 is 0. The molecule has 0 aliphatic rings. The number of hydrogen-bond donors (Lipinski definition) is 1. The molecule has 1 N–H and O–H groups in total. The average molecular weight is 1030 g/mol. The zero-order valence-corrected chi connectivity index (χ0v) is 48.1. The van der Waals surface area contributed by atoms with Crippen molar-refractivity contribution in [3.8, 4) is 0 Å². The number of halogens is 1. The number of rotatable bonds is 29. The predicted octanol–water partition coefficient (Wildman–Crippen LogP) is 18.0. The largest absolute Gasteiger partial charge is 1.00 e. The van der Waals surface area contributed by atoms with Gasteiger partial charge in [0.1, 0.15) is 6.29 Å². The number of hydrogen-bond acceptors (Lipinski definition) is 2. The molecule has 0 heterocycles. The van der Waals surface area contributed by atoms with Crippen molar-refractivity contribution in [2.24, 2.45) is 0 Å². The third kappa shape index (κ3) is 63.3. The van der Waals surface area contributed by atoms with E-state index in [0.29, 0.717) is 0 Å². The monoisotopic (exact) mass is 1030 g/mol. The van der Waals surface area contributed by atoms with Gasteiger partial charge in [0.25, 0.3) is 0 Å². The van der Waals surface area contributed by atoms with Crippen molar-refractivity contribution in [1.82, 2.24) is 0 Å². The summed E-state index contributed by atoms with van der Waals surface area (Å²) in [7, 11) is 0. The zero-order valence-electron chi connectivity index (χ0n) is 45.1. The second kappa shape index (κ2) is 52.7. The minimum absolute atomic E-state index is 0. The first-order valence-corrected chi connectivity index (χ1v) is 24.3. The maximum atomic E-state index is 10.3. The van der Waals surface area contributed by atoms with E-state index >= 15 is 0 Å². The maximum absolute atomic E-state index is 10.3. The molecule has 2 nitrogen and oxygen atoms in total. The molecule has 1 atom stereocenters. The Labute approximate surface area is 442 Å². The fourth-order valence-electron chi connectivity index (χ4n) is 6.23. The second-order valence-corrected chi connectivity index (χ2v) is 18.8. The third-order valence-corrected chi connectivity index (χ3v) is 10.6. The van der Waals surface area contributed by atoms with Crippen molar-refractivity contribution in [2.45, 2.75) is 240 Å². The fraction of sp³-hybridized carbons (Fsp3) is 0.571. The number of aldehydes is 1. The van der Waals surface area contributed by atoms with Gasteiger partial charge in [-0.25, -0.2) is 0 Å². The minimum Gasteiger partial charge on any atom is -1.00 e. The van der Waals surface area contributed by atoms with Gasteiger partial charge in [-0.2, -0.15) is 0 Å². The van der Waals surface area contributed by atoms with E-state index in [2.05, 4.69) is 164 Å². The van der Waals surface area contributed by atoms with Crippen LogP contribution in [0.4, 0.5) is 0 Å². The van der Waals surface area contributed by atoms with Crippen LogP contribution in [-0.4, -0.2) is 17.0 Å². The van der Waals surface area contributed by atoms with E-state index in [1.54, 1.807) is 12.2 Å². The Morgan fingerprint density at radius 3 is 1.03 bits per heavy atom. The van der Waals surface area contributed by atoms with Gasteiger partial charge in [-0.3, -0.25) is 4.79 Å². The maximum Gasteiger partial charge on any atom is 0.143 e. The molecule has 67 heavy (non-hydrogen) atoms. The first-order valence-electron chi connectivity index (χ1n) is 24.3. The molecule has 0 amide bonds. The van der Waals surface area contributed by atoms with Crippen LogP contribution in [0.2, 0.25) is 0 Å². The first kappa shape index (κ1) is 78.5. The van der Waals surface area contributed by atoms with Crippen LogP contribution in [0.1, 0.15) is 235 Å². The van der Waals surface area contributed by atoms with Crippen LogP contribution in [0, 0.1) is 0 Å². The molecule has 0 bridgehead atoms. The van der Waals surface area contributed by atoms with E-state index in [4.69, 9.17) is 0 Å². The molecule has 0 aromatic carbocycles. The summed E-state index contributed by atoms with van der Waals surface area (Å²) in [6.45, 7) is 38.1. The summed E-state index contributed by atoms with van der Waals surface area (Å²) in [6.07, 6.45) is 50.1. The topological polar surface area (TPSA) is 37.3 Å². The van der Waals surface area contributed by atoms with Crippen LogP contribution in [-0.2, 0) is 23.4 Å². The molecule has 0 aromatic rings. The van der Waals surface area contributed by atoms with Gasteiger partial charge in [0.2, 0.25) is 0 Å². The quantitative estimate of drug-likeness (QED) is 0.0351. The van der Waals surface area contributed by atoms with E-state index in [1.807, 2.05) is 26.0 Å². The summed E-state index contributed by atoms with van der Waals surface area (Å²) in [5, 5.41) is 9.84. The zero-order chi connectivity index (χ0) is 48.5. The molecule has 0 spiro atoms. The number of carbonyl (C=O) groups is 1. The van der Waals surface area contributed by atoms with Crippen molar-refractivity contribution in [3.63, 3.8) is 0 Å². The predicted molar refractivity (Wildman–Crippen MR) is 302 cm³/mol. The summed E-state index contributed by atoms with van der Waals surface area (Å²) >= 11 is 0. The molecule has 0 rings (SSSR count). The summed E-state index contributed by atoms with van der Waals surface area (Å²) in [5.41, 5.74) is 14.8. The fourth-order valence-corrected chi connectivity index (χ4v) is 6.23. The molecule has 0 fully saturated rings. The summed E-state index contributed by atoms with van der Waals surface area (Å²) in [5.74, 6) is 0. The molecule has 0 aromatic heterocycles. The Kier molecular flexibility index (Phi) is 61.7. The number of carbonyl (C=O) groups excluding carboxylic acids is 1. The second-order valence-electron chi connectivity index (χ2n) is 18.8. The molecule has 385 valence electrons. The standard InChI is InChI=1S/C21H36.C20H30O.C20H34O.2CH4.BrH.V/c1-7-11-19(4)14-9-15-21(6)17-10-16-20(5)13-8-12-18(2)3;1-17(2)9-6-10-18(3)11-7-12-19(4)13-8-14-20(5)15-16-21;1-7-20(6,21)16-10-15-19(5)14-9-13-18(4)12-8-11-17(2)3;;;;/h11-12,15-16H,7-10,13-14,17H2,1-6H3;8-9,11,13-16H,6-7,10,12H2,1-5H3;7,11,13,15,21H,1,8-10,12,14,16H2,2-6H3;2*1H4;1H;/p-1/b19-11+,20-16+,21-15+;14-8+,18-11+,19-13+,20-15+;18-13+,19-15+;;;;. The molecule has 0 aliphatic heterocycles. The van der Waals surface area contributed by atoms with E-state index in [9.17, 15) is 9.90 Å². The normalized spacial score (nSPS) is 13.4. The SMILES string of the molecule is C.C.C=CC(C)(O)CC/C=C(\C)CC/C=C(\C)CCC=C(C)C.CC(C)=CCC/C(C)=C/CC/C(C)=C/C=C/C(C)=C/C=O.CC/C=C(\C)CC/C=C(\C)CC/C=C(\C)CCC=C(C)C.[Br-].[V]. The van der Waals surface area contributed by atoms with Crippen molar-refractivity contribution in [1.29, 1.82) is 0 Å². The molecular weight excluding hydrogens is 920 g/mol. The Bertz CT molecular complexity index is 1630.